The van der Waals surface area contributed by atoms with Crippen LogP contribution in [0.25, 0.3) is 0 Å². The molecule has 1 heterocycles. The van der Waals surface area contributed by atoms with E-state index in [-0.39, 0.29) is 66.4 Å². The topological polar surface area (TPSA) is 146 Å². The zero-order valence-electron chi connectivity index (χ0n) is 33.9. The van der Waals surface area contributed by atoms with Gasteiger partial charge in [-0.25, -0.2) is 0 Å². The summed E-state index contributed by atoms with van der Waals surface area (Å²) in [6.45, 7) is 15.2. The zero-order valence-corrected chi connectivity index (χ0v) is 33.9. The number of rotatable bonds is 22. The van der Waals surface area contributed by atoms with E-state index in [1.54, 1.807) is 44.9 Å². The monoisotopic (exact) mass is 732 g/mol. The van der Waals surface area contributed by atoms with Crippen LogP contribution >= 0.6 is 0 Å². The van der Waals surface area contributed by atoms with Gasteiger partial charge in [0, 0.05) is 46.6 Å². The number of Topliss-reactive ketones (excluding diaryl/α,β-unsaturated/α-hetero) is 2. The number of nitrogens with zero attached hydrogens (tertiary/aromatic N) is 2. The maximum absolute atomic E-state index is 14.2. The molecule has 0 radical (unpaired) electrons. The van der Waals surface area contributed by atoms with Gasteiger partial charge in [0.05, 0.1) is 54.4 Å². The molecule has 52 heavy (non-hydrogen) atoms. The number of carbonyl (C=O) groups is 4. The maximum atomic E-state index is 14.2. The normalized spacial score (nSPS) is 20.4. The third-order valence-electron chi connectivity index (χ3n) is 11.4. The van der Waals surface area contributed by atoms with Gasteiger partial charge in [-0.15, -0.1) is 0 Å². The highest BCUT2D eigenvalue weighted by Crippen LogP contribution is 2.33. The summed E-state index contributed by atoms with van der Waals surface area (Å²) in [7, 11) is 6.48. The minimum atomic E-state index is -1.47. The summed E-state index contributed by atoms with van der Waals surface area (Å²) in [6, 6.07) is 8.01. The highest BCUT2D eigenvalue weighted by molar-refractivity contribution is 5.90. The van der Waals surface area contributed by atoms with E-state index in [0.29, 0.717) is 19.4 Å². The molecule has 296 valence electrons. The molecule has 1 aromatic rings. The van der Waals surface area contributed by atoms with Gasteiger partial charge >= 0.3 is 0 Å². The second kappa shape index (κ2) is 20.7. The minimum Gasteiger partial charge on any atom is -0.390 e. The maximum Gasteiger partial charge on any atom is 0.229 e. The molecule has 0 bridgehead atoms. The number of benzene rings is 1. The molecule has 11 nitrogen and oxygen atoms in total. The Kier molecular flexibility index (Phi) is 18.1. The summed E-state index contributed by atoms with van der Waals surface area (Å²) >= 11 is 0. The van der Waals surface area contributed by atoms with Crippen molar-refractivity contribution >= 4 is 23.4 Å². The summed E-state index contributed by atoms with van der Waals surface area (Å²) in [5.74, 6) is -2.58. The number of methoxy groups -OCH3 is 2. The van der Waals surface area contributed by atoms with Crippen molar-refractivity contribution < 1.29 is 38.9 Å². The Morgan fingerprint density at radius 2 is 1.58 bits per heavy atom. The van der Waals surface area contributed by atoms with Crippen molar-refractivity contribution in [2.45, 2.75) is 136 Å². The van der Waals surface area contributed by atoms with Crippen molar-refractivity contribution in [2.24, 2.45) is 29.6 Å². The van der Waals surface area contributed by atoms with Crippen LogP contribution in [0.5, 0.6) is 0 Å². The van der Waals surface area contributed by atoms with Crippen molar-refractivity contribution in [3.63, 3.8) is 0 Å². The molecular formula is C41H69N3O8. The Balaban J connectivity index is 2.27. The number of amides is 2. The van der Waals surface area contributed by atoms with Gasteiger partial charge in [0.2, 0.25) is 11.8 Å². The lowest BCUT2D eigenvalue weighted by Crippen LogP contribution is -2.56. The van der Waals surface area contributed by atoms with Crippen LogP contribution in [0.1, 0.15) is 106 Å². The summed E-state index contributed by atoms with van der Waals surface area (Å²) in [4.78, 5) is 58.6. The van der Waals surface area contributed by atoms with Gasteiger partial charge < -0.3 is 34.8 Å². The fourth-order valence-electron chi connectivity index (χ4n) is 8.01. The fourth-order valence-corrected chi connectivity index (χ4v) is 8.01. The first-order chi connectivity index (χ1) is 24.4. The molecule has 0 spiro atoms. The van der Waals surface area contributed by atoms with E-state index in [1.165, 1.54) is 7.11 Å². The van der Waals surface area contributed by atoms with Gasteiger partial charge in [-0.1, -0.05) is 78.3 Å². The molecule has 1 fully saturated rings. The van der Waals surface area contributed by atoms with E-state index in [1.807, 2.05) is 71.9 Å². The second-order valence-electron chi connectivity index (χ2n) is 16.0. The van der Waals surface area contributed by atoms with Gasteiger partial charge in [-0.05, 0) is 57.1 Å². The molecule has 1 saturated heterocycles. The first-order valence-corrected chi connectivity index (χ1v) is 19.2. The molecule has 2 rings (SSSR count). The number of hydrogen-bond acceptors (Lipinski definition) is 9. The summed E-state index contributed by atoms with van der Waals surface area (Å²) < 4.78 is 11.9. The third-order valence-corrected chi connectivity index (χ3v) is 11.4. The molecule has 1 aliphatic heterocycles. The highest BCUT2D eigenvalue weighted by atomic mass is 16.5. The standard InChI is InChI=1S/C41H69N3O8/c1-13-26(4)37(43(10)40(49)30(41(7,8)50)23-33(46)36(42-9)25(2)3)34(51-11)24-35(47)44-21-17-20-31(44)39(52-12)28(6)32(45)22-27(5)38(48)29-18-15-14-16-19-29/h14-16,18-19,25-28,30-31,34,36-39,42,48,50H,13,17,20-24H2,1-12H3/t26-,27-,28-,30+,31-,34+,36-,37-,38+,39+/m0/s1. The van der Waals surface area contributed by atoms with Crippen LogP contribution in [0.3, 0.4) is 0 Å². The second-order valence-corrected chi connectivity index (χ2v) is 16.0. The lowest BCUT2D eigenvalue weighted by molar-refractivity contribution is -0.154. The van der Waals surface area contributed by atoms with E-state index in [4.69, 9.17) is 9.47 Å². The Hall–Kier alpha value is -2.70. The number of aliphatic hydroxyl groups is 2. The summed E-state index contributed by atoms with van der Waals surface area (Å²) in [5, 5.41) is 25.1. The number of likely N-dealkylation sites (N-methyl/N-ethyl adjacent to an activating group) is 2. The predicted octanol–water partition coefficient (Wildman–Crippen LogP) is 4.83. The van der Waals surface area contributed by atoms with Gasteiger partial charge in [-0.2, -0.15) is 0 Å². The van der Waals surface area contributed by atoms with E-state index >= 15 is 0 Å². The SMILES string of the molecule is CC[C@H](C)[C@@H]([C@@H](CC(=O)N1CCC[C@H]1[C@H](OC)[C@@H](C)C(=O)C[C@H](C)[C@@H](O)c1ccccc1)OC)N(C)C(=O)[C@@H](CC(=O)[C@@H](NC)C(C)C)C(C)(C)O. The third kappa shape index (κ3) is 11.6. The summed E-state index contributed by atoms with van der Waals surface area (Å²) in [5.41, 5.74) is -0.710. The molecule has 11 heteroatoms. The van der Waals surface area contributed by atoms with Crippen molar-refractivity contribution in [3.05, 3.63) is 35.9 Å². The Bertz CT molecular complexity index is 1280. The van der Waals surface area contributed by atoms with Crippen LogP contribution in [0.2, 0.25) is 0 Å². The first-order valence-electron chi connectivity index (χ1n) is 19.2. The van der Waals surface area contributed by atoms with E-state index in [0.717, 1.165) is 12.0 Å². The molecule has 0 aromatic heterocycles. The van der Waals surface area contributed by atoms with Crippen LogP contribution in [-0.2, 0) is 28.7 Å². The average molecular weight is 732 g/mol. The largest absolute Gasteiger partial charge is 0.390 e. The Labute approximate surface area is 313 Å². The van der Waals surface area contributed by atoms with Crippen molar-refractivity contribution in [2.75, 3.05) is 34.9 Å². The van der Waals surface area contributed by atoms with Crippen LogP contribution in [-0.4, -0.2) is 114 Å². The number of carbonyl (C=O) groups excluding carboxylic acids is 4. The number of ether oxygens (including phenoxy) is 2. The average Bonchev–Trinajstić information content (AvgIpc) is 3.59. The number of aliphatic hydroxyl groups excluding tert-OH is 1. The fraction of sp³-hybridized carbons (Fsp3) is 0.756. The number of ketones is 2. The van der Waals surface area contributed by atoms with Gasteiger partial charge in [0.25, 0.3) is 0 Å². The van der Waals surface area contributed by atoms with Crippen LogP contribution < -0.4 is 5.32 Å². The molecule has 0 aliphatic carbocycles. The lowest BCUT2D eigenvalue weighted by atomic mass is 9.81. The minimum absolute atomic E-state index is 0.0000161. The lowest BCUT2D eigenvalue weighted by Gasteiger charge is -2.42. The number of hydrogen-bond donors (Lipinski definition) is 3. The number of likely N-dealkylation sites (tertiary alicyclic amines) is 1. The van der Waals surface area contributed by atoms with E-state index < -0.39 is 47.8 Å². The smallest absolute Gasteiger partial charge is 0.229 e. The Morgan fingerprint density at radius 3 is 2.08 bits per heavy atom. The molecule has 0 saturated carbocycles. The van der Waals surface area contributed by atoms with Crippen LogP contribution in [0, 0.1) is 29.6 Å². The van der Waals surface area contributed by atoms with Gasteiger partial charge in [-0.3, -0.25) is 19.2 Å². The predicted molar refractivity (Wildman–Crippen MR) is 203 cm³/mol. The number of nitrogens with one attached hydrogen (secondary N) is 1. The quantitative estimate of drug-likeness (QED) is 0.153. The van der Waals surface area contributed by atoms with E-state index in [9.17, 15) is 29.4 Å². The van der Waals surface area contributed by atoms with Crippen LogP contribution in [0.4, 0.5) is 0 Å². The van der Waals surface area contributed by atoms with Gasteiger partial charge in [0.1, 0.15) is 5.78 Å². The zero-order chi connectivity index (χ0) is 39.5. The molecule has 3 N–H and O–H groups in total. The molecular weight excluding hydrogens is 662 g/mol. The molecule has 1 aliphatic rings. The Morgan fingerprint density at radius 1 is 0.962 bits per heavy atom. The van der Waals surface area contributed by atoms with Gasteiger partial charge in [0.15, 0.2) is 5.78 Å². The van der Waals surface area contributed by atoms with Crippen LogP contribution in [0.15, 0.2) is 30.3 Å². The molecule has 2 amide bonds. The van der Waals surface area contributed by atoms with Crippen molar-refractivity contribution in [3.8, 4) is 0 Å². The van der Waals surface area contributed by atoms with Crippen molar-refractivity contribution in [1.82, 2.24) is 15.1 Å². The summed E-state index contributed by atoms with van der Waals surface area (Å²) in [6.07, 6.45) is 0.204. The highest BCUT2D eigenvalue weighted by Gasteiger charge is 2.45. The molecule has 10 atom stereocenters. The van der Waals surface area contributed by atoms with E-state index in [2.05, 4.69) is 5.32 Å². The molecule has 1 aromatic carbocycles. The van der Waals surface area contributed by atoms with Crippen molar-refractivity contribution in [1.29, 1.82) is 0 Å². The first kappa shape index (κ1) is 45.5. The molecule has 0 unspecified atom stereocenters.